The molecular formula is C24H31IN6O. The second-order valence-corrected chi connectivity index (χ2v) is 7.68. The Morgan fingerprint density at radius 3 is 2.84 bits per heavy atom. The largest absolute Gasteiger partial charge is 0.493 e. The highest BCUT2D eigenvalue weighted by Gasteiger charge is 2.22. The van der Waals surface area contributed by atoms with Crippen molar-refractivity contribution in [2.75, 3.05) is 13.2 Å². The molecule has 1 atom stereocenters. The molecule has 0 aliphatic carbocycles. The van der Waals surface area contributed by atoms with Gasteiger partial charge in [0.15, 0.2) is 5.96 Å². The molecule has 0 bridgehead atoms. The van der Waals surface area contributed by atoms with Gasteiger partial charge in [0.05, 0.1) is 19.2 Å². The number of rotatable bonds is 7. The fourth-order valence-electron chi connectivity index (χ4n) is 3.80. The average molecular weight is 546 g/mol. The second kappa shape index (κ2) is 11.8. The first kappa shape index (κ1) is 24.0. The maximum atomic E-state index is 5.82. The molecule has 32 heavy (non-hydrogen) atoms. The molecule has 4 rings (SSSR count). The summed E-state index contributed by atoms with van der Waals surface area (Å²) in [6.45, 7) is 7.05. The zero-order valence-electron chi connectivity index (χ0n) is 18.6. The summed E-state index contributed by atoms with van der Waals surface area (Å²) < 4.78 is 7.90. The van der Waals surface area contributed by atoms with Crippen LogP contribution < -0.4 is 15.4 Å². The van der Waals surface area contributed by atoms with Crippen LogP contribution in [0.25, 0.3) is 0 Å². The van der Waals surface area contributed by atoms with Gasteiger partial charge in [0.2, 0.25) is 0 Å². The third kappa shape index (κ3) is 5.99. The zero-order valence-corrected chi connectivity index (χ0v) is 21.0. The van der Waals surface area contributed by atoms with Crippen molar-refractivity contribution in [3.05, 3.63) is 77.4 Å². The normalized spacial score (nSPS) is 15.3. The van der Waals surface area contributed by atoms with Crippen molar-refractivity contribution in [1.82, 2.24) is 25.4 Å². The first-order valence-corrected chi connectivity index (χ1v) is 10.9. The molecule has 8 heteroatoms. The van der Waals surface area contributed by atoms with Crippen molar-refractivity contribution in [2.24, 2.45) is 4.99 Å². The second-order valence-electron chi connectivity index (χ2n) is 7.68. The predicted molar refractivity (Wildman–Crippen MR) is 138 cm³/mol. The van der Waals surface area contributed by atoms with Crippen LogP contribution in [0.15, 0.2) is 59.9 Å². The summed E-state index contributed by atoms with van der Waals surface area (Å²) in [7, 11) is 0. The van der Waals surface area contributed by atoms with E-state index < -0.39 is 0 Å². The molecule has 2 aromatic carbocycles. The van der Waals surface area contributed by atoms with E-state index in [9.17, 15) is 0 Å². The Bertz CT molecular complexity index is 1030. The fraction of sp³-hybridized carbons (Fsp3) is 0.375. The van der Waals surface area contributed by atoms with E-state index in [1.807, 2.05) is 12.1 Å². The summed E-state index contributed by atoms with van der Waals surface area (Å²) in [5, 5.41) is 15.3. The number of aryl methyl sites for hydroxylation is 2. The molecule has 0 fully saturated rings. The van der Waals surface area contributed by atoms with E-state index >= 15 is 0 Å². The molecule has 0 saturated carbocycles. The van der Waals surface area contributed by atoms with Crippen molar-refractivity contribution in [3.8, 4) is 5.75 Å². The molecule has 0 radical (unpaired) electrons. The van der Waals surface area contributed by atoms with E-state index in [1.54, 1.807) is 6.33 Å². The van der Waals surface area contributed by atoms with E-state index in [-0.39, 0.29) is 30.0 Å². The first-order valence-electron chi connectivity index (χ1n) is 10.9. The third-order valence-corrected chi connectivity index (χ3v) is 5.60. The lowest BCUT2D eigenvalue weighted by Gasteiger charge is -2.28. The number of fused-ring (bicyclic) bond motifs is 1. The van der Waals surface area contributed by atoms with Crippen LogP contribution in [0.2, 0.25) is 0 Å². The van der Waals surface area contributed by atoms with Gasteiger partial charge in [0, 0.05) is 31.5 Å². The Morgan fingerprint density at radius 1 is 1.19 bits per heavy atom. The minimum Gasteiger partial charge on any atom is -0.493 e. The molecule has 2 heterocycles. The van der Waals surface area contributed by atoms with E-state index in [1.165, 1.54) is 16.7 Å². The van der Waals surface area contributed by atoms with Crippen LogP contribution >= 0.6 is 24.0 Å². The van der Waals surface area contributed by atoms with Crippen LogP contribution in [-0.2, 0) is 19.5 Å². The van der Waals surface area contributed by atoms with Gasteiger partial charge in [-0.05, 0) is 24.1 Å². The SMILES string of the molecule is CCc1nncn1CCNC(=NCc1ccccc1C)NC1CCOc2ccccc21.I. The lowest BCUT2D eigenvalue weighted by atomic mass is 10.0. The number of ether oxygens (including phenoxy) is 1. The van der Waals surface area contributed by atoms with Gasteiger partial charge < -0.3 is 19.9 Å². The number of para-hydroxylation sites is 1. The lowest BCUT2D eigenvalue weighted by molar-refractivity contribution is 0.261. The summed E-state index contributed by atoms with van der Waals surface area (Å²) >= 11 is 0. The molecular weight excluding hydrogens is 515 g/mol. The summed E-state index contributed by atoms with van der Waals surface area (Å²) in [4.78, 5) is 4.90. The molecule has 0 amide bonds. The van der Waals surface area contributed by atoms with E-state index in [0.29, 0.717) is 13.2 Å². The van der Waals surface area contributed by atoms with Gasteiger partial charge >= 0.3 is 0 Å². The lowest BCUT2D eigenvalue weighted by Crippen LogP contribution is -2.42. The van der Waals surface area contributed by atoms with Crippen molar-refractivity contribution in [1.29, 1.82) is 0 Å². The topological polar surface area (TPSA) is 76.4 Å². The predicted octanol–water partition coefficient (Wildman–Crippen LogP) is 4.03. The van der Waals surface area contributed by atoms with Crippen molar-refractivity contribution in [2.45, 2.75) is 45.8 Å². The highest BCUT2D eigenvalue weighted by molar-refractivity contribution is 14.0. The van der Waals surface area contributed by atoms with Crippen LogP contribution in [0.4, 0.5) is 0 Å². The third-order valence-electron chi connectivity index (χ3n) is 5.60. The summed E-state index contributed by atoms with van der Waals surface area (Å²) in [6.07, 6.45) is 3.55. The summed E-state index contributed by atoms with van der Waals surface area (Å²) in [5.41, 5.74) is 3.65. The van der Waals surface area contributed by atoms with Gasteiger partial charge in [-0.15, -0.1) is 34.2 Å². The summed E-state index contributed by atoms with van der Waals surface area (Å²) in [6, 6.07) is 16.7. The number of aliphatic imine (C=N–C) groups is 1. The maximum absolute atomic E-state index is 5.82. The van der Waals surface area contributed by atoms with E-state index in [2.05, 4.69) is 75.6 Å². The van der Waals surface area contributed by atoms with Crippen LogP contribution in [0, 0.1) is 6.92 Å². The van der Waals surface area contributed by atoms with E-state index in [4.69, 9.17) is 9.73 Å². The maximum Gasteiger partial charge on any atom is 0.192 e. The molecule has 0 spiro atoms. The van der Waals surface area contributed by atoms with Gasteiger partial charge in [0.1, 0.15) is 17.9 Å². The molecule has 1 aliphatic heterocycles. The molecule has 170 valence electrons. The molecule has 0 saturated heterocycles. The number of hydrogen-bond donors (Lipinski definition) is 2. The average Bonchev–Trinajstić information content (AvgIpc) is 3.26. The minimum absolute atomic E-state index is 0. The smallest absolute Gasteiger partial charge is 0.192 e. The highest BCUT2D eigenvalue weighted by Crippen LogP contribution is 2.31. The first-order chi connectivity index (χ1) is 15.2. The number of nitrogens with zero attached hydrogens (tertiary/aromatic N) is 4. The fourth-order valence-corrected chi connectivity index (χ4v) is 3.80. The Kier molecular flexibility index (Phi) is 8.90. The number of benzene rings is 2. The van der Waals surface area contributed by atoms with Gasteiger partial charge in [-0.3, -0.25) is 0 Å². The van der Waals surface area contributed by atoms with Crippen molar-refractivity contribution < 1.29 is 4.74 Å². The van der Waals surface area contributed by atoms with E-state index in [0.717, 1.165) is 43.5 Å². The van der Waals surface area contributed by atoms with Gasteiger partial charge in [-0.1, -0.05) is 49.4 Å². The number of halogens is 1. The highest BCUT2D eigenvalue weighted by atomic mass is 127. The quantitative estimate of drug-likeness (QED) is 0.266. The van der Waals surface area contributed by atoms with Crippen molar-refractivity contribution >= 4 is 29.9 Å². The Labute approximate surface area is 206 Å². The van der Waals surface area contributed by atoms with Crippen molar-refractivity contribution in [3.63, 3.8) is 0 Å². The number of guanidine groups is 1. The van der Waals surface area contributed by atoms with Crippen LogP contribution in [0.1, 0.15) is 41.9 Å². The molecule has 1 unspecified atom stereocenters. The number of aromatic nitrogens is 3. The molecule has 2 N–H and O–H groups in total. The Morgan fingerprint density at radius 2 is 2.00 bits per heavy atom. The standard InChI is InChI=1S/C24H30N6O.HI/c1-3-23-29-27-17-30(23)14-13-25-24(26-16-19-9-5-4-8-18(19)2)28-21-12-15-31-22-11-7-6-10-20(21)22;/h4-11,17,21H,3,12-16H2,1-2H3,(H2,25,26,28);1H. The molecule has 1 aliphatic rings. The van der Waals surface area contributed by atoms with Crippen LogP contribution in [0.3, 0.4) is 0 Å². The van der Waals surface area contributed by atoms with Crippen LogP contribution in [0.5, 0.6) is 5.75 Å². The molecule has 3 aromatic rings. The molecule has 1 aromatic heterocycles. The molecule has 7 nitrogen and oxygen atoms in total. The zero-order chi connectivity index (χ0) is 21.5. The summed E-state index contributed by atoms with van der Waals surface area (Å²) in [5.74, 6) is 2.74. The Hall–Kier alpha value is -2.62. The number of hydrogen-bond acceptors (Lipinski definition) is 4. The van der Waals surface area contributed by atoms with Gasteiger partial charge in [-0.2, -0.15) is 0 Å². The Balaban J connectivity index is 0.00000289. The monoisotopic (exact) mass is 546 g/mol. The van der Waals surface area contributed by atoms with Gasteiger partial charge in [-0.25, -0.2) is 4.99 Å². The minimum atomic E-state index is 0. The van der Waals surface area contributed by atoms with Gasteiger partial charge in [0.25, 0.3) is 0 Å². The van der Waals surface area contributed by atoms with Crippen LogP contribution in [-0.4, -0.2) is 33.9 Å². The number of nitrogens with one attached hydrogen (secondary N) is 2.